The number of piperazine rings is 1. The number of methoxy groups -OCH3 is 1. The van der Waals surface area contributed by atoms with E-state index in [2.05, 4.69) is 0 Å². The maximum atomic E-state index is 13.6. The van der Waals surface area contributed by atoms with E-state index in [0.717, 1.165) is 0 Å². The van der Waals surface area contributed by atoms with Crippen LogP contribution in [0.15, 0.2) is 18.2 Å². The molecular weight excluding hydrogens is 428 g/mol. The van der Waals surface area contributed by atoms with E-state index in [9.17, 15) is 14.4 Å². The van der Waals surface area contributed by atoms with Crippen LogP contribution in [-0.2, 0) is 19.1 Å². The Morgan fingerprint density at radius 3 is 2.63 bits per heavy atom. The molecule has 4 rings (SSSR count). The Morgan fingerprint density at radius 2 is 1.97 bits per heavy atom. The van der Waals surface area contributed by atoms with Gasteiger partial charge in [0.2, 0.25) is 12.7 Å². The van der Waals surface area contributed by atoms with Gasteiger partial charge < -0.3 is 24.0 Å². The van der Waals surface area contributed by atoms with E-state index in [4.69, 9.17) is 14.2 Å². The fraction of sp³-hybridized carbons (Fsp3) is 0.550. The molecule has 4 atom stereocenters. The number of carbonyl (C=O) groups is 3. The number of carbonyl (C=O) groups excluding carboxylic acids is 3. The number of hydrogen-bond acceptors (Lipinski definition) is 8. The van der Waals surface area contributed by atoms with Gasteiger partial charge in [-0.05, 0) is 37.8 Å². The third-order valence-corrected chi connectivity index (χ3v) is 8.56. The second-order valence-electron chi connectivity index (χ2n) is 7.94. The number of rotatable bonds is 4. The van der Waals surface area contributed by atoms with E-state index >= 15 is 0 Å². The number of ether oxygens (including phenoxy) is 3. The Labute approximate surface area is 183 Å². The first-order chi connectivity index (χ1) is 14.2. The van der Waals surface area contributed by atoms with Gasteiger partial charge in [0.1, 0.15) is 6.04 Å². The van der Waals surface area contributed by atoms with Crippen molar-refractivity contribution in [1.29, 1.82) is 0 Å². The highest BCUT2D eigenvalue weighted by molar-refractivity contribution is 8.77. The third kappa shape index (κ3) is 2.72. The van der Waals surface area contributed by atoms with Crippen LogP contribution < -0.4 is 9.47 Å². The molecule has 2 amide bonds. The minimum absolute atomic E-state index is 0.118. The lowest BCUT2D eigenvalue weighted by Gasteiger charge is -2.48. The van der Waals surface area contributed by atoms with Crippen molar-refractivity contribution < 1.29 is 28.6 Å². The van der Waals surface area contributed by atoms with Crippen LogP contribution >= 0.6 is 21.6 Å². The lowest BCUT2D eigenvalue weighted by molar-refractivity contribution is -0.162. The van der Waals surface area contributed by atoms with Crippen molar-refractivity contribution in [1.82, 2.24) is 9.80 Å². The molecule has 0 N–H and O–H groups in total. The molecule has 30 heavy (non-hydrogen) atoms. The molecule has 10 heteroatoms. The van der Waals surface area contributed by atoms with Gasteiger partial charge in [0.05, 0.1) is 18.6 Å². The summed E-state index contributed by atoms with van der Waals surface area (Å²) in [5.41, 5.74) is -0.421. The van der Waals surface area contributed by atoms with Crippen molar-refractivity contribution in [2.24, 2.45) is 5.41 Å². The summed E-state index contributed by atoms with van der Waals surface area (Å²) >= 11 is 0. The normalized spacial score (nSPS) is 32.4. The highest BCUT2D eigenvalue weighted by atomic mass is 33.1. The Kier molecular flexibility index (Phi) is 5.13. The summed E-state index contributed by atoms with van der Waals surface area (Å²) in [6, 6.07) is 4.05. The van der Waals surface area contributed by atoms with Crippen molar-refractivity contribution in [3.05, 3.63) is 23.8 Å². The quantitative estimate of drug-likeness (QED) is 0.509. The average Bonchev–Trinajstić information content (AvgIpc) is 3.31. The van der Waals surface area contributed by atoms with Crippen molar-refractivity contribution in [3.8, 4) is 11.5 Å². The van der Waals surface area contributed by atoms with Gasteiger partial charge in [-0.1, -0.05) is 27.7 Å². The van der Waals surface area contributed by atoms with Crippen LogP contribution in [0.5, 0.6) is 11.5 Å². The fourth-order valence-corrected chi connectivity index (χ4v) is 7.32. The highest BCUT2D eigenvalue weighted by Gasteiger charge is 2.70. The maximum absolute atomic E-state index is 13.6. The molecule has 1 aromatic carbocycles. The van der Waals surface area contributed by atoms with E-state index in [0.29, 0.717) is 17.1 Å². The molecule has 0 unspecified atom stereocenters. The zero-order chi connectivity index (χ0) is 21.8. The lowest BCUT2D eigenvalue weighted by Crippen LogP contribution is -2.66. The van der Waals surface area contributed by atoms with Crippen molar-refractivity contribution in [3.63, 3.8) is 0 Å². The van der Waals surface area contributed by atoms with Crippen molar-refractivity contribution in [2.45, 2.75) is 37.2 Å². The minimum Gasteiger partial charge on any atom is -0.469 e. The standard InChI is InChI=1S/C20H24N2O6S2/c1-11-16(23)22-15(12-6-7-13-14(8-12)28-10-27-13)19(2,18(25)26-4)9-20(22,30-29-5)17(24)21(11)3/h6-8,11,15H,9-10H2,1-5H3/t11-,15-,19-,20-/m0/s1. The Balaban J connectivity index is 1.94. The number of likely N-dealkylation sites (N-methyl/N-ethyl adjacent to an activating group) is 1. The summed E-state index contributed by atoms with van der Waals surface area (Å²) in [4.78, 5) is 42.0. The number of esters is 1. The smallest absolute Gasteiger partial charge is 0.314 e. The first-order valence-electron chi connectivity index (χ1n) is 9.51. The Hall–Kier alpha value is -2.07. The SMILES string of the molecule is COC(=O)[C@@]1(C)C[C@]2(SSC)C(=O)N(C)[C@@H](C)C(=O)N2[C@H]1c1ccc2c(c1)OCO2. The molecule has 162 valence electrons. The van der Waals surface area contributed by atoms with Gasteiger partial charge in [-0.2, -0.15) is 0 Å². The van der Waals surface area contributed by atoms with Gasteiger partial charge in [-0.3, -0.25) is 14.4 Å². The molecule has 8 nitrogen and oxygen atoms in total. The van der Waals surface area contributed by atoms with Crippen molar-refractivity contribution >= 4 is 39.4 Å². The molecule has 2 fully saturated rings. The molecule has 3 heterocycles. The number of hydrogen-bond donors (Lipinski definition) is 0. The number of nitrogens with zero attached hydrogens (tertiary/aromatic N) is 2. The lowest BCUT2D eigenvalue weighted by atomic mass is 9.78. The van der Waals surface area contributed by atoms with Gasteiger partial charge in [-0.15, -0.1) is 0 Å². The molecule has 0 spiro atoms. The van der Waals surface area contributed by atoms with Crippen LogP contribution in [0.1, 0.15) is 31.9 Å². The van der Waals surface area contributed by atoms with Crippen LogP contribution in [0.2, 0.25) is 0 Å². The second kappa shape index (κ2) is 7.26. The van der Waals surface area contributed by atoms with Gasteiger partial charge in [0.15, 0.2) is 16.4 Å². The highest BCUT2D eigenvalue weighted by Crippen LogP contribution is 2.63. The first kappa shape index (κ1) is 21.2. The number of benzene rings is 1. The number of amides is 2. The summed E-state index contributed by atoms with van der Waals surface area (Å²) in [7, 11) is 5.67. The van der Waals surface area contributed by atoms with E-state index in [1.807, 2.05) is 12.3 Å². The Morgan fingerprint density at radius 1 is 1.27 bits per heavy atom. The van der Waals surface area contributed by atoms with Crippen molar-refractivity contribution in [2.75, 3.05) is 27.2 Å². The van der Waals surface area contributed by atoms with Crippen LogP contribution in [0, 0.1) is 5.41 Å². The first-order valence-corrected chi connectivity index (χ1v) is 12.1. The third-order valence-electron chi connectivity index (χ3n) is 6.27. The van der Waals surface area contributed by atoms with Gasteiger partial charge >= 0.3 is 5.97 Å². The predicted octanol–water partition coefficient (Wildman–Crippen LogP) is 2.44. The maximum Gasteiger partial charge on any atom is 0.314 e. The molecule has 0 aliphatic carbocycles. The van der Waals surface area contributed by atoms with E-state index in [1.54, 1.807) is 37.9 Å². The monoisotopic (exact) mass is 452 g/mol. The van der Waals surface area contributed by atoms with Crippen LogP contribution in [-0.4, -0.2) is 65.7 Å². The summed E-state index contributed by atoms with van der Waals surface area (Å²) in [6.45, 7) is 3.59. The molecule has 0 saturated carbocycles. The van der Waals surface area contributed by atoms with E-state index < -0.39 is 28.3 Å². The molecule has 2 saturated heterocycles. The Bertz CT molecular complexity index is 927. The second-order valence-corrected chi connectivity index (χ2v) is 10.6. The number of fused-ring (bicyclic) bond motifs is 2. The molecule has 1 aromatic rings. The molecule has 3 aliphatic heterocycles. The van der Waals surface area contributed by atoms with E-state index in [1.165, 1.54) is 33.6 Å². The zero-order valence-electron chi connectivity index (χ0n) is 17.5. The molecule has 0 bridgehead atoms. The predicted molar refractivity (Wildman–Crippen MR) is 113 cm³/mol. The van der Waals surface area contributed by atoms with Crippen LogP contribution in [0.25, 0.3) is 0 Å². The van der Waals surface area contributed by atoms with Crippen LogP contribution in [0.4, 0.5) is 0 Å². The topological polar surface area (TPSA) is 85.4 Å². The van der Waals surface area contributed by atoms with Gasteiger partial charge in [0, 0.05) is 13.5 Å². The van der Waals surface area contributed by atoms with Gasteiger partial charge in [0.25, 0.3) is 5.91 Å². The largest absolute Gasteiger partial charge is 0.469 e. The summed E-state index contributed by atoms with van der Waals surface area (Å²) in [5.74, 6) is 0.309. The molecule has 3 aliphatic rings. The van der Waals surface area contributed by atoms with E-state index in [-0.39, 0.29) is 25.0 Å². The summed E-state index contributed by atoms with van der Waals surface area (Å²) < 4.78 is 16.1. The summed E-state index contributed by atoms with van der Waals surface area (Å²) in [6.07, 6.45) is 2.01. The van der Waals surface area contributed by atoms with Gasteiger partial charge in [-0.25, -0.2) is 0 Å². The fourth-order valence-electron chi connectivity index (χ4n) is 4.74. The minimum atomic E-state index is -1.21. The molecular formula is C20H24N2O6S2. The molecule has 0 aromatic heterocycles. The zero-order valence-corrected chi connectivity index (χ0v) is 19.1. The van der Waals surface area contributed by atoms with Crippen LogP contribution in [0.3, 0.4) is 0 Å². The summed E-state index contributed by atoms with van der Waals surface area (Å²) in [5, 5.41) is 0. The molecule has 0 radical (unpaired) electrons. The average molecular weight is 453 g/mol.